The van der Waals surface area contributed by atoms with Gasteiger partial charge in [0, 0.05) is 17.5 Å². The van der Waals surface area contributed by atoms with Crippen molar-refractivity contribution in [3.05, 3.63) is 70.5 Å². The van der Waals surface area contributed by atoms with Gasteiger partial charge < -0.3 is 4.98 Å². The number of nitrogens with zero attached hydrogens (tertiary/aromatic N) is 1. The largest absolute Gasteiger partial charge is 0.342 e. The lowest BCUT2D eigenvalue weighted by Gasteiger charge is -1.99. The van der Waals surface area contributed by atoms with Gasteiger partial charge in [0.2, 0.25) is 0 Å². The van der Waals surface area contributed by atoms with Crippen LogP contribution in [-0.4, -0.2) is 21.1 Å². The zero-order valence-corrected chi connectivity index (χ0v) is 12.8. The van der Waals surface area contributed by atoms with Gasteiger partial charge in [-0.1, -0.05) is 35.9 Å². The molecule has 1 heterocycles. The average Bonchev–Trinajstić information content (AvgIpc) is 2.95. The lowest BCUT2D eigenvalue weighted by atomic mass is 10.1. The number of hydrogen-bond donors (Lipinski definition) is 3. The molecule has 3 aromatic rings. The summed E-state index contributed by atoms with van der Waals surface area (Å²) in [4.78, 5) is 18.7. The molecule has 3 N–H and O–H groups in total. The first-order valence-corrected chi connectivity index (χ1v) is 7.37. The Kier molecular flexibility index (Phi) is 4.41. The van der Waals surface area contributed by atoms with Gasteiger partial charge in [0.25, 0.3) is 5.91 Å². The van der Waals surface area contributed by atoms with Crippen molar-refractivity contribution in [1.82, 2.24) is 15.4 Å². The summed E-state index contributed by atoms with van der Waals surface area (Å²) in [6.45, 7) is 0. The van der Waals surface area contributed by atoms with Crippen molar-refractivity contribution < 1.29 is 10.0 Å². The molecule has 23 heavy (non-hydrogen) atoms. The predicted octanol–water partition coefficient (Wildman–Crippen LogP) is 3.33. The molecule has 0 radical (unpaired) electrons. The highest BCUT2D eigenvalue weighted by Gasteiger charge is 2.04. The van der Waals surface area contributed by atoms with Gasteiger partial charge in [-0.25, -0.2) is 10.5 Å². The Balaban J connectivity index is 1.74. The number of halogens is 1. The summed E-state index contributed by atoms with van der Waals surface area (Å²) in [6.07, 6.45) is 3.56. The van der Waals surface area contributed by atoms with E-state index in [0.29, 0.717) is 11.4 Å². The van der Waals surface area contributed by atoms with Crippen LogP contribution in [0.1, 0.15) is 17.0 Å². The number of carbonyl (C=O) groups excluding carboxylic acids is 1. The molecule has 6 heteroatoms. The van der Waals surface area contributed by atoms with E-state index in [9.17, 15) is 4.79 Å². The van der Waals surface area contributed by atoms with Crippen molar-refractivity contribution in [2.75, 3.05) is 0 Å². The van der Waals surface area contributed by atoms with Crippen LogP contribution in [0.25, 0.3) is 17.1 Å². The van der Waals surface area contributed by atoms with Crippen LogP contribution in [0.3, 0.4) is 0 Å². The first kappa shape index (κ1) is 15.3. The van der Waals surface area contributed by atoms with E-state index in [1.165, 1.54) is 6.08 Å². The molecule has 5 nitrogen and oxygen atoms in total. The van der Waals surface area contributed by atoms with Crippen LogP contribution < -0.4 is 5.48 Å². The van der Waals surface area contributed by atoms with Crippen LogP contribution in [0.15, 0.2) is 48.5 Å². The van der Waals surface area contributed by atoms with E-state index >= 15 is 0 Å². The maximum Gasteiger partial charge on any atom is 0.267 e. The molecule has 0 unspecified atom stereocenters. The van der Waals surface area contributed by atoms with Crippen molar-refractivity contribution in [1.29, 1.82) is 0 Å². The third-order valence-corrected chi connectivity index (χ3v) is 3.62. The highest BCUT2D eigenvalue weighted by Crippen LogP contribution is 2.18. The number of amides is 1. The first-order chi connectivity index (χ1) is 11.1. The SMILES string of the molecule is O=C(/C=C/c1ccc(Cc2nc3ccc(Cl)cc3[nH]2)cc1)NO. The van der Waals surface area contributed by atoms with E-state index in [1.54, 1.807) is 11.6 Å². The molecule has 0 aliphatic heterocycles. The van der Waals surface area contributed by atoms with Gasteiger partial charge in [-0.05, 0) is 35.4 Å². The molecule has 0 atom stereocenters. The standard InChI is InChI=1S/C17H14ClN3O2/c18-13-6-7-14-15(10-13)20-16(19-14)9-12-3-1-11(2-4-12)5-8-17(22)21-23/h1-8,10,23H,9H2,(H,19,20)(H,21,22)/b8-5+. The number of hydrogen-bond acceptors (Lipinski definition) is 3. The molecule has 0 spiro atoms. The second-order valence-corrected chi connectivity index (χ2v) is 5.51. The summed E-state index contributed by atoms with van der Waals surface area (Å²) in [5.74, 6) is 0.306. The molecule has 0 aliphatic rings. The molecule has 0 aliphatic carbocycles. The highest BCUT2D eigenvalue weighted by atomic mass is 35.5. The molecule has 0 bridgehead atoms. The monoisotopic (exact) mass is 327 g/mol. The predicted molar refractivity (Wildman–Crippen MR) is 89.3 cm³/mol. The van der Waals surface area contributed by atoms with Crippen LogP contribution in [0.5, 0.6) is 0 Å². The van der Waals surface area contributed by atoms with E-state index in [1.807, 2.05) is 42.5 Å². The molecular weight excluding hydrogens is 314 g/mol. The quantitative estimate of drug-likeness (QED) is 0.391. The molecule has 2 aromatic carbocycles. The molecule has 3 rings (SSSR count). The summed E-state index contributed by atoms with van der Waals surface area (Å²) in [6, 6.07) is 13.3. The van der Waals surface area contributed by atoms with Crippen molar-refractivity contribution in [3.63, 3.8) is 0 Å². The van der Waals surface area contributed by atoms with E-state index < -0.39 is 5.91 Å². The summed E-state index contributed by atoms with van der Waals surface area (Å²) in [5, 5.41) is 9.11. The molecule has 0 fully saturated rings. The maximum atomic E-state index is 10.9. The van der Waals surface area contributed by atoms with Gasteiger partial charge in [0.05, 0.1) is 11.0 Å². The summed E-state index contributed by atoms with van der Waals surface area (Å²) in [7, 11) is 0. The number of nitrogens with one attached hydrogen (secondary N) is 2. The van der Waals surface area contributed by atoms with Crippen LogP contribution in [-0.2, 0) is 11.2 Å². The number of fused-ring (bicyclic) bond motifs is 1. The minimum absolute atomic E-state index is 0.560. The summed E-state index contributed by atoms with van der Waals surface area (Å²) in [5.41, 5.74) is 5.32. The number of aromatic amines is 1. The fourth-order valence-electron chi connectivity index (χ4n) is 2.27. The Hall–Kier alpha value is -2.63. The van der Waals surface area contributed by atoms with Crippen LogP contribution in [0.2, 0.25) is 5.02 Å². The van der Waals surface area contributed by atoms with E-state index in [4.69, 9.17) is 16.8 Å². The second kappa shape index (κ2) is 6.64. The molecule has 1 aromatic heterocycles. The number of hydroxylamine groups is 1. The minimum atomic E-state index is -0.560. The fraction of sp³-hybridized carbons (Fsp3) is 0.0588. The number of H-pyrrole nitrogens is 1. The number of imidazole rings is 1. The molecule has 0 saturated carbocycles. The number of rotatable bonds is 4. The summed E-state index contributed by atoms with van der Waals surface area (Å²) < 4.78 is 0. The Morgan fingerprint density at radius 1 is 1.26 bits per heavy atom. The topological polar surface area (TPSA) is 78.0 Å². The summed E-state index contributed by atoms with van der Waals surface area (Å²) >= 11 is 5.97. The lowest BCUT2D eigenvalue weighted by Crippen LogP contribution is -2.14. The first-order valence-electron chi connectivity index (χ1n) is 6.99. The van der Waals surface area contributed by atoms with E-state index in [2.05, 4.69) is 9.97 Å². The third kappa shape index (κ3) is 3.77. The van der Waals surface area contributed by atoms with Gasteiger partial charge in [-0.3, -0.25) is 10.0 Å². The molecule has 116 valence electrons. The van der Waals surface area contributed by atoms with Gasteiger partial charge in [-0.2, -0.15) is 0 Å². The highest BCUT2D eigenvalue weighted by molar-refractivity contribution is 6.31. The molecule has 0 saturated heterocycles. The van der Waals surface area contributed by atoms with Gasteiger partial charge in [0.15, 0.2) is 0 Å². The fourth-order valence-corrected chi connectivity index (χ4v) is 2.44. The average molecular weight is 328 g/mol. The molecule has 1 amide bonds. The number of benzene rings is 2. The third-order valence-electron chi connectivity index (χ3n) is 3.38. The maximum absolute atomic E-state index is 10.9. The van der Waals surface area contributed by atoms with Gasteiger partial charge >= 0.3 is 0 Å². The van der Waals surface area contributed by atoms with Gasteiger partial charge in [0.1, 0.15) is 5.82 Å². The number of carbonyl (C=O) groups is 1. The van der Waals surface area contributed by atoms with Crippen LogP contribution in [0, 0.1) is 0 Å². The minimum Gasteiger partial charge on any atom is -0.342 e. The van der Waals surface area contributed by atoms with Gasteiger partial charge in [-0.15, -0.1) is 0 Å². The van der Waals surface area contributed by atoms with Crippen molar-refractivity contribution >= 4 is 34.6 Å². The Morgan fingerprint density at radius 3 is 2.78 bits per heavy atom. The Morgan fingerprint density at radius 2 is 2.04 bits per heavy atom. The Labute approximate surface area is 137 Å². The Bertz CT molecular complexity index is 869. The van der Waals surface area contributed by atoms with E-state index in [0.717, 1.165) is 28.0 Å². The zero-order chi connectivity index (χ0) is 16.2. The van der Waals surface area contributed by atoms with Crippen molar-refractivity contribution in [2.24, 2.45) is 0 Å². The smallest absolute Gasteiger partial charge is 0.267 e. The number of aromatic nitrogens is 2. The van der Waals surface area contributed by atoms with Crippen LogP contribution >= 0.6 is 11.6 Å². The van der Waals surface area contributed by atoms with Crippen molar-refractivity contribution in [2.45, 2.75) is 6.42 Å². The van der Waals surface area contributed by atoms with Crippen molar-refractivity contribution in [3.8, 4) is 0 Å². The molecular formula is C17H14ClN3O2. The normalized spacial score (nSPS) is 11.2. The second-order valence-electron chi connectivity index (χ2n) is 5.07. The zero-order valence-electron chi connectivity index (χ0n) is 12.1. The van der Waals surface area contributed by atoms with E-state index in [-0.39, 0.29) is 0 Å². The lowest BCUT2D eigenvalue weighted by molar-refractivity contribution is -0.124. The van der Waals surface area contributed by atoms with Crippen LogP contribution in [0.4, 0.5) is 0 Å².